The highest BCUT2D eigenvalue weighted by Gasteiger charge is 2.52. The van der Waals surface area contributed by atoms with E-state index in [1.165, 1.54) is 0 Å². The molecule has 0 saturated carbocycles. The zero-order valence-electron chi connectivity index (χ0n) is 15.2. The van der Waals surface area contributed by atoms with Crippen LogP contribution in [0.3, 0.4) is 0 Å². The zero-order valence-corrected chi connectivity index (χ0v) is 15.2. The van der Waals surface area contributed by atoms with Gasteiger partial charge in [-0.1, -0.05) is 0 Å². The average molecular weight is 361 g/mol. The zero-order chi connectivity index (χ0) is 19.1. The monoisotopic (exact) mass is 361 g/mol. The van der Waals surface area contributed by atoms with Crippen molar-refractivity contribution in [1.82, 2.24) is 0 Å². The topological polar surface area (TPSA) is 97.5 Å². The molecule has 1 N–H and O–H groups in total. The summed E-state index contributed by atoms with van der Waals surface area (Å²) < 4.78 is -0.442. The molecule has 7 heteroatoms. The third kappa shape index (κ3) is 3.00. The van der Waals surface area contributed by atoms with E-state index in [2.05, 4.69) is 0 Å². The number of carbonyl (C=O) groups excluding carboxylic acids is 1. The summed E-state index contributed by atoms with van der Waals surface area (Å²) in [6.07, 6.45) is 2.86. The van der Waals surface area contributed by atoms with Crippen LogP contribution < -0.4 is 0 Å². The Hall–Kier alpha value is -2.28. The number of rotatable bonds is 3. The predicted octanol–water partition coefficient (Wildman–Crippen LogP) is 3.60. The second kappa shape index (κ2) is 6.79. The van der Waals surface area contributed by atoms with Crippen LogP contribution in [-0.2, 0) is 17.6 Å². The predicted molar refractivity (Wildman–Crippen MR) is 94.8 cm³/mol. The normalized spacial score (nSPS) is 27.8. The summed E-state index contributed by atoms with van der Waals surface area (Å²) in [6, 6.07) is 3.03. The Bertz CT molecular complexity index is 775. The molecule has 1 saturated heterocycles. The summed E-state index contributed by atoms with van der Waals surface area (Å²) in [5.74, 6) is -0.104. The van der Waals surface area contributed by atoms with E-state index in [1.807, 2.05) is 13.8 Å². The second-order valence-corrected chi connectivity index (χ2v) is 7.73. The van der Waals surface area contributed by atoms with Crippen LogP contribution in [0.1, 0.15) is 49.3 Å². The second-order valence-electron chi connectivity index (χ2n) is 7.73. The lowest BCUT2D eigenvalue weighted by Crippen LogP contribution is -2.58. The minimum Gasteiger partial charge on any atom is -0.435 e. The van der Waals surface area contributed by atoms with Crippen molar-refractivity contribution in [1.29, 1.82) is 0 Å². The highest BCUT2D eigenvalue weighted by Crippen LogP contribution is 2.35. The Morgan fingerprint density at radius 2 is 2.08 bits per heavy atom. The van der Waals surface area contributed by atoms with Crippen LogP contribution in [0.4, 0.5) is 10.5 Å². The van der Waals surface area contributed by atoms with E-state index in [9.17, 15) is 24.8 Å². The molecule has 0 radical (unpaired) electrons. The summed E-state index contributed by atoms with van der Waals surface area (Å²) in [5.41, 5.74) is 3.05. The van der Waals surface area contributed by atoms with Gasteiger partial charge >= 0.3 is 12.0 Å². The van der Waals surface area contributed by atoms with Gasteiger partial charge in [-0.3, -0.25) is 10.1 Å². The van der Waals surface area contributed by atoms with Crippen molar-refractivity contribution in [2.75, 3.05) is 6.54 Å². The number of carbonyl (C=O) groups is 2. The Kier molecular flexibility index (Phi) is 4.84. The van der Waals surface area contributed by atoms with Crippen molar-refractivity contribution in [3.05, 3.63) is 38.9 Å². The SMILES string of the molecule is Cc1cc([N+](=O)[O-])cc2c1CC(CC(=O)[N+]1(C(=O)O)CCC[C@H]1C)CC2. The molecule has 1 aliphatic heterocycles. The lowest BCUT2D eigenvalue weighted by atomic mass is 9.80. The molecule has 1 fully saturated rings. The fraction of sp³-hybridized carbons (Fsp3) is 0.579. The summed E-state index contributed by atoms with van der Waals surface area (Å²) in [6.45, 7) is 4.09. The maximum Gasteiger partial charge on any atom is 0.521 e. The molecule has 1 aromatic rings. The Morgan fingerprint density at radius 3 is 2.65 bits per heavy atom. The van der Waals surface area contributed by atoms with Crippen molar-refractivity contribution in [2.45, 2.75) is 58.4 Å². The van der Waals surface area contributed by atoms with Gasteiger partial charge in [-0.15, -0.1) is 0 Å². The molecule has 2 unspecified atom stereocenters. The smallest absolute Gasteiger partial charge is 0.435 e. The van der Waals surface area contributed by atoms with Gasteiger partial charge in [0.15, 0.2) is 0 Å². The molecule has 7 nitrogen and oxygen atoms in total. The number of nitro groups is 1. The van der Waals surface area contributed by atoms with Gasteiger partial charge in [0.25, 0.3) is 5.69 Å². The van der Waals surface area contributed by atoms with Crippen molar-refractivity contribution in [3.8, 4) is 0 Å². The number of amides is 2. The van der Waals surface area contributed by atoms with Crippen LogP contribution >= 0.6 is 0 Å². The van der Waals surface area contributed by atoms with Crippen LogP contribution in [0.5, 0.6) is 0 Å². The molecule has 0 spiro atoms. The highest BCUT2D eigenvalue weighted by molar-refractivity contribution is 5.81. The van der Waals surface area contributed by atoms with E-state index in [0.717, 1.165) is 36.0 Å². The van der Waals surface area contributed by atoms with Crippen molar-refractivity contribution in [2.24, 2.45) is 5.92 Å². The van der Waals surface area contributed by atoms with Gasteiger partial charge in [-0.25, -0.2) is 4.79 Å². The van der Waals surface area contributed by atoms with E-state index >= 15 is 0 Å². The molecular formula is C19H25N2O5+. The minimum absolute atomic E-state index is 0.0947. The lowest BCUT2D eigenvalue weighted by molar-refractivity contribution is -0.792. The number of nitrogens with zero attached hydrogens (tertiary/aromatic N) is 2. The summed E-state index contributed by atoms with van der Waals surface area (Å²) in [4.78, 5) is 35.4. The molecule has 3 rings (SSSR count). The van der Waals surface area contributed by atoms with Gasteiger partial charge in [-0.05, 0) is 55.7 Å². The molecule has 1 aliphatic carbocycles. The molecule has 140 valence electrons. The maximum atomic E-state index is 12.9. The number of likely N-dealkylation sites (tertiary alicyclic amines) is 1. The molecule has 2 aliphatic rings. The first-order valence-corrected chi connectivity index (χ1v) is 9.17. The summed E-state index contributed by atoms with van der Waals surface area (Å²) in [5, 5.41) is 20.7. The maximum absolute atomic E-state index is 12.9. The van der Waals surface area contributed by atoms with Gasteiger partial charge in [0.2, 0.25) is 0 Å². The first-order valence-electron chi connectivity index (χ1n) is 9.17. The molecule has 1 heterocycles. The van der Waals surface area contributed by atoms with Crippen LogP contribution in [-0.4, -0.2) is 39.1 Å². The lowest BCUT2D eigenvalue weighted by Gasteiger charge is -2.32. The van der Waals surface area contributed by atoms with Crippen LogP contribution in [0.25, 0.3) is 0 Å². The number of non-ortho nitro benzene ring substituents is 1. The van der Waals surface area contributed by atoms with Crippen molar-refractivity contribution >= 4 is 17.7 Å². The molecule has 26 heavy (non-hydrogen) atoms. The van der Waals surface area contributed by atoms with E-state index in [0.29, 0.717) is 19.4 Å². The highest BCUT2D eigenvalue weighted by atomic mass is 16.6. The van der Waals surface area contributed by atoms with E-state index in [4.69, 9.17) is 0 Å². The van der Waals surface area contributed by atoms with E-state index < -0.39 is 10.6 Å². The first kappa shape index (κ1) is 18.5. The van der Waals surface area contributed by atoms with Crippen LogP contribution in [0, 0.1) is 23.0 Å². The largest absolute Gasteiger partial charge is 0.521 e. The number of imide groups is 1. The third-order valence-electron chi connectivity index (χ3n) is 6.21. The van der Waals surface area contributed by atoms with E-state index in [-0.39, 0.29) is 34.9 Å². The Balaban J connectivity index is 1.78. The third-order valence-corrected chi connectivity index (χ3v) is 6.21. The van der Waals surface area contributed by atoms with Crippen molar-refractivity contribution in [3.63, 3.8) is 0 Å². The minimum atomic E-state index is -1.04. The average Bonchev–Trinajstić information content (AvgIpc) is 2.97. The number of nitro benzene ring substituents is 1. The number of carboxylic acid groups (broad SMARTS) is 1. The fourth-order valence-corrected chi connectivity index (χ4v) is 4.66. The number of hydrogen-bond donors (Lipinski definition) is 1. The number of hydrogen-bond acceptors (Lipinski definition) is 4. The molecule has 0 bridgehead atoms. The molecule has 0 aromatic heterocycles. The van der Waals surface area contributed by atoms with Gasteiger partial charge in [-0.2, -0.15) is 9.28 Å². The number of benzene rings is 1. The van der Waals surface area contributed by atoms with Crippen molar-refractivity contribution < 1.29 is 24.1 Å². The van der Waals surface area contributed by atoms with Gasteiger partial charge in [0.1, 0.15) is 6.04 Å². The molecule has 3 atom stereocenters. The number of aryl methyl sites for hydroxylation is 2. The number of fused-ring (bicyclic) bond motifs is 1. The summed E-state index contributed by atoms with van der Waals surface area (Å²) >= 11 is 0. The van der Waals surface area contributed by atoms with Crippen LogP contribution in [0.2, 0.25) is 0 Å². The van der Waals surface area contributed by atoms with Gasteiger partial charge in [0, 0.05) is 25.0 Å². The molecule has 1 aromatic carbocycles. The Morgan fingerprint density at radius 1 is 1.35 bits per heavy atom. The molecular weight excluding hydrogens is 336 g/mol. The molecule has 2 amide bonds. The summed E-state index contributed by atoms with van der Waals surface area (Å²) in [7, 11) is 0. The Labute approximate surface area is 152 Å². The van der Waals surface area contributed by atoms with Gasteiger partial charge in [0.05, 0.1) is 17.9 Å². The standard InChI is InChI=1S/C19H24N2O5/c1-12-8-16(20(25)26)11-15-6-5-14(9-17(12)15)10-18(22)21(19(23)24)7-3-4-13(21)2/h8,11,13-14H,3-7,9-10H2,1-2H3/p+1/t13-,14?,21?/m1/s1. The van der Waals surface area contributed by atoms with Crippen LogP contribution in [0.15, 0.2) is 12.1 Å². The number of quaternary nitrogens is 1. The fourth-order valence-electron chi connectivity index (χ4n) is 4.66. The first-order chi connectivity index (χ1) is 12.3. The quantitative estimate of drug-likeness (QED) is 0.504. The van der Waals surface area contributed by atoms with E-state index in [1.54, 1.807) is 12.1 Å². The van der Waals surface area contributed by atoms with Gasteiger partial charge < -0.3 is 5.11 Å².